The van der Waals surface area contributed by atoms with Gasteiger partial charge in [0, 0.05) is 5.69 Å². The first-order valence-corrected chi connectivity index (χ1v) is 6.32. The van der Waals surface area contributed by atoms with Crippen LogP contribution in [0.5, 0.6) is 0 Å². The normalized spacial score (nSPS) is 14.6. The summed E-state index contributed by atoms with van der Waals surface area (Å²) < 4.78 is 2.61. The first-order valence-electron chi connectivity index (χ1n) is 5.53. The quantitative estimate of drug-likeness (QED) is 0.850. The summed E-state index contributed by atoms with van der Waals surface area (Å²) in [5, 5.41) is 8.88. The number of halogens is 1. The fourth-order valence-electron chi connectivity index (χ4n) is 1.93. The van der Waals surface area contributed by atoms with E-state index in [0.29, 0.717) is 10.3 Å². The lowest BCUT2D eigenvalue weighted by atomic mass is 10.1. The number of benzene rings is 1. The zero-order valence-electron chi connectivity index (χ0n) is 9.10. The van der Waals surface area contributed by atoms with Gasteiger partial charge < -0.3 is 0 Å². The third-order valence-corrected chi connectivity index (χ3v) is 3.77. The Morgan fingerprint density at radius 1 is 1.41 bits per heavy atom. The Hall–Kier alpha value is -1.60. The van der Waals surface area contributed by atoms with Gasteiger partial charge in [0.1, 0.15) is 17.0 Å². The van der Waals surface area contributed by atoms with Crippen LogP contribution in [0.3, 0.4) is 0 Å². The molecule has 3 rings (SSSR count). The van der Waals surface area contributed by atoms with Crippen LogP contribution >= 0.6 is 15.9 Å². The van der Waals surface area contributed by atoms with Gasteiger partial charge in [0.15, 0.2) is 5.69 Å². The van der Waals surface area contributed by atoms with Crippen molar-refractivity contribution in [1.29, 1.82) is 5.26 Å². The van der Waals surface area contributed by atoms with Crippen molar-refractivity contribution in [2.45, 2.75) is 18.8 Å². The summed E-state index contributed by atoms with van der Waals surface area (Å²) in [5.74, 6) is 0.729. The molecule has 0 radical (unpaired) electrons. The molecule has 2 aromatic rings. The van der Waals surface area contributed by atoms with E-state index in [1.54, 1.807) is 6.33 Å². The van der Waals surface area contributed by atoms with Gasteiger partial charge in [-0.05, 0) is 52.4 Å². The average Bonchev–Trinajstić information content (AvgIpc) is 3.13. The Labute approximate surface area is 108 Å². The molecule has 1 aromatic carbocycles. The smallest absolute Gasteiger partial charge is 0.173 e. The lowest BCUT2D eigenvalue weighted by molar-refractivity contribution is 1.02. The van der Waals surface area contributed by atoms with Gasteiger partial charge in [-0.1, -0.05) is 12.1 Å². The number of rotatable bonds is 2. The molecular formula is C13H10BrN3. The lowest BCUT2D eigenvalue weighted by Crippen LogP contribution is -1.93. The van der Waals surface area contributed by atoms with Crippen LogP contribution in [0.15, 0.2) is 35.2 Å². The molecular weight excluding hydrogens is 278 g/mol. The molecule has 17 heavy (non-hydrogen) atoms. The van der Waals surface area contributed by atoms with Crippen LogP contribution in [0.1, 0.15) is 30.0 Å². The van der Waals surface area contributed by atoms with Gasteiger partial charge in [0.2, 0.25) is 0 Å². The number of nitriles is 1. The molecule has 3 nitrogen and oxygen atoms in total. The number of aromatic nitrogens is 2. The molecule has 84 valence electrons. The zero-order chi connectivity index (χ0) is 11.8. The highest BCUT2D eigenvalue weighted by atomic mass is 79.9. The van der Waals surface area contributed by atoms with Crippen molar-refractivity contribution in [3.8, 4) is 11.8 Å². The Morgan fingerprint density at radius 3 is 2.88 bits per heavy atom. The van der Waals surface area contributed by atoms with Crippen LogP contribution in [-0.2, 0) is 0 Å². The first-order chi connectivity index (χ1) is 8.29. The molecule has 0 N–H and O–H groups in total. The Bertz CT molecular complexity index is 605. The van der Waals surface area contributed by atoms with Crippen molar-refractivity contribution in [2.75, 3.05) is 0 Å². The predicted molar refractivity (Wildman–Crippen MR) is 68.0 cm³/mol. The molecule has 1 aromatic heterocycles. The molecule has 4 heteroatoms. The average molecular weight is 288 g/mol. The molecule has 0 spiro atoms. The largest absolute Gasteiger partial charge is 0.292 e. The Morgan fingerprint density at radius 2 is 2.24 bits per heavy atom. The van der Waals surface area contributed by atoms with Gasteiger partial charge in [0.05, 0.1) is 0 Å². The second-order valence-electron chi connectivity index (χ2n) is 4.24. The fourth-order valence-corrected chi connectivity index (χ4v) is 2.42. The molecule has 1 aliphatic rings. The summed E-state index contributed by atoms with van der Waals surface area (Å²) in [7, 11) is 0. The van der Waals surface area contributed by atoms with Crippen molar-refractivity contribution in [1.82, 2.24) is 9.55 Å². The molecule has 0 atom stereocenters. The molecule has 1 heterocycles. The number of nitrogens with zero attached hydrogens (tertiary/aromatic N) is 3. The molecule has 0 saturated heterocycles. The summed E-state index contributed by atoms with van der Waals surface area (Å²) >= 11 is 3.40. The monoisotopic (exact) mass is 287 g/mol. The molecule has 0 unspecified atom stereocenters. The van der Waals surface area contributed by atoms with Gasteiger partial charge in [-0.15, -0.1) is 0 Å². The first kappa shape index (κ1) is 10.5. The minimum Gasteiger partial charge on any atom is -0.292 e. The predicted octanol–water partition coefficient (Wildman–Crippen LogP) is 3.38. The Kier molecular flexibility index (Phi) is 2.49. The van der Waals surface area contributed by atoms with Gasteiger partial charge in [-0.25, -0.2) is 4.98 Å². The van der Waals surface area contributed by atoms with E-state index in [1.165, 1.54) is 18.4 Å². The van der Waals surface area contributed by atoms with Crippen molar-refractivity contribution in [3.05, 3.63) is 46.5 Å². The maximum absolute atomic E-state index is 8.88. The highest BCUT2D eigenvalue weighted by Gasteiger charge is 2.23. The number of hydrogen-bond acceptors (Lipinski definition) is 2. The van der Waals surface area contributed by atoms with Crippen molar-refractivity contribution in [3.63, 3.8) is 0 Å². The highest BCUT2D eigenvalue weighted by molar-refractivity contribution is 9.10. The minimum absolute atomic E-state index is 0.418. The van der Waals surface area contributed by atoms with E-state index < -0.39 is 0 Å². The maximum Gasteiger partial charge on any atom is 0.173 e. The number of imidazole rings is 1. The summed E-state index contributed by atoms with van der Waals surface area (Å²) in [5.41, 5.74) is 2.85. The van der Waals surface area contributed by atoms with E-state index in [-0.39, 0.29) is 0 Å². The van der Waals surface area contributed by atoms with Crippen molar-refractivity contribution >= 4 is 15.9 Å². The van der Waals surface area contributed by atoms with Crippen LogP contribution < -0.4 is 0 Å². The van der Waals surface area contributed by atoms with Crippen LogP contribution in [-0.4, -0.2) is 9.55 Å². The standard InChI is InChI=1S/C13H10BrN3/c14-13-12(7-15)16-8-17(13)11-3-1-2-10(6-11)9-4-5-9/h1-3,6,8-9H,4-5H2. The summed E-state index contributed by atoms with van der Waals surface area (Å²) in [6, 6.07) is 10.5. The van der Waals surface area contributed by atoms with E-state index in [4.69, 9.17) is 5.26 Å². The van der Waals surface area contributed by atoms with Crippen LogP contribution in [0, 0.1) is 11.3 Å². The Balaban J connectivity index is 2.05. The minimum atomic E-state index is 0.418. The molecule has 1 aliphatic carbocycles. The summed E-state index contributed by atoms with van der Waals surface area (Å²) in [6.07, 6.45) is 4.25. The SMILES string of the molecule is N#Cc1ncn(-c2cccc(C3CC3)c2)c1Br. The molecule has 0 amide bonds. The summed E-state index contributed by atoms with van der Waals surface area (Å²) in [6.45, 7) is 0. The topological polar surface area (TPSA) is 41.6 Å². The molecule has 1 fully saturated rings. The van der Waals surface area contributed by atoms with Gasteiger partial charge >= 0.3 is 0 Å². The van der Waals surface area contributed by atoms with E-state index in [0.717, 1.165) is 11.6 Å². The maximum atomic E-state index is 8.88. The lowest BCUT2D eigenvalue weighted by Gasteiger charge is -2.06. The zero-order valence-corrected chi connectivity index (χ0v) is 10.7. The van der Waals surface area contributed by atoms with Gasteiger partial charge in [0.25, 0.3) is 0 Å². The molecule has 1 saturated carbocycles. The van der Waals surface area contributed by atoms with Crippen LogP contribution in [0.4, 0.5) is 0 Å². The van der Waals surface area contributed by atoms with E-state index in [2.05, 4.69) is 45.2 Å². The molecule has 0 aliphatic heterocycles. The van der Waals surface area contributed by atoms with Crippen LogP contribution in [0.2, 0.25) is 0 Å². The van der Waals surface area contributed by atoms with Gasteiger partial charge in [-0.3, -0.25) is 4.57 Å². The molecule has 0 bridgehead atoms. The highest BCUT2D eigenvalue weighted by Crippen LogP contribution is 2.40. The van der Waals surface area contributed by atoms with Gasteiger partial charge in [-0.2, -0.15) is 5.26 Å². The fraction of sp³-hybridized carbons (Fsp3) is 0.231. The number of hydrogen-bond donors (Lipinski definition) is 0. The van der Waals surface area contributed by atoms with Crippen LogP contribution in [0.25, 0.3) is 5.69 Å². The second-order valence-corrected chi connectivity index (χ2v) is 4.99. The van der Waals surface area contributed by atoms with Crippen molar-refractivity contribution in [2.24, 2.45) is 0 Å². The van der Waals surface area contributed by atoms with E-state index >= 15 is 0 Å². The van der Waals surface area contributed by atoms with E-state index in [1.807, 2.05) is 10.6 Å². The summed E-state index contributed by atoms with van der Waals surface area (Å²) in [4.78, 5) is 4.06. The van der Waals surface area contributed by atoms with Crippen molar-refractivity contribution < 1.29 is 0 Å². The second kappa shape index (κ2) is 4.01. The third-order valence-electron chi connectivity index (χ3n) is 3.01. The van der Waals surface area contributed by atoms with E-state index in [9.17, 15) is 0 Å². The third kappa shape index (κ3) is 1.87.